The van der Waals surface area contributed by atoms with Gasteiger partial charge in [0, 0.05) is 17.7 Å². The fourth-order valence-corrected chi connectivity index (χ4v) is 2.99. The molecule has 2 aromatic rings. The number of rotatable bonds is 10. The molecule has 0 fully saturated rings. The Bertz CT molecular complexity index is 735. The van der Waals surface area contributed by atoms with E-state index in [0.717, 1.165) is 47.5 Å². The molecule has 0 heterocycles. The van der Waals surface area contributed by atoms with Crippen LogP contribution in [0, 0.1) is 13.8 Å². The number of ether oxygens (including phenoxy) is 2. The lowest BCUT2D eigenvalue weighted by Crippen LogP contribution is -2.24. The lowest BCUT2D eigenvalue weighted by atomic mass is 10.1. The fraction of sp³-hybridized carbons (Fsp3) is 0.435. The number of amides is 1. The smallest absolute Gasteiger partial charge is 0.251 e. The molecule has 0 saturated carbocycles. The Morgan fingerprint density at radius 2 is 1.70 bits per heavy atom. The van der Waals surface area contributed by atoms with Crippen molar-refractivity contribution in [2.45, 2.75) is 53.6 Å². The molecule has 0 aliphatic carbocycles. The monoisotopic (exact) mass is 369 g/mol. The molecule has 4 nitrogen and oxygen atoms in total. The highest BCUT2D eigenvalue weighted by Crippen LogP contribution is 2.24. The number of benzene rings is 2. The van der Waals surface area contributed by atoms with Gasteiger partial charge in [0.15, 0.2) is 0 Å². The Hall–Kier alpha value is -2.49. The maximum atomic E-state index is 12.4. The highest BCUT2D eigenvalue weighted by Gasteiger charge is 2.11. The van der Waals surface area contributed by atoms with Crippen LogP contribution in [0.2, 0.25) is 0 Å². The molecule has 1 amide bonds. The van der Waals surface area contributed by atoms with E-state index in [-0.39, 0.29) is 5.91 Å². The van der Waals surface area contributed by atoms with Gasteiger partial charge in [-0.05, 0) is 68.7 Å². The summed E-state index contributed by atoms with van der Waals surface area (Å²) in [6.07, 6.45) is 3.26. The summed E-state index contributed by atoms with van der Waals surface area (Å²) in [5.41, 5.74) is 3.83. The minimum atomic E-state index is -0.0539. The second kappa shape index (κ2) is 10.6. The molecule has 1 N–H and O–H groups in total. The van der Waals surface area contributed by atoms with Crippen molar-refractivity contribution < 1.29 is 14.3 Å². The van der Waals surface area contributed by atoms with E-state index in [1.54, 1.807) is 6.07 Å². The van der Waals surface area contributed by atoms with E-state index in [1.807, 2.05) is 31.2 Å². The number of carbonyl (C=O) groups excluding carboxylic acids is 1. The molecule has 0 aliphatic heterocycles. The SMILES string of the molecule is CCCCCNC(=O)c1ccc(OCC)c(COc2cc(C)cc(C)c2)c1. The third-order valence-corrected chi connectivity index (χ3v) is 4.28. The molecule has 146 valence electrons. The van der Waals surface area contributed by atoms with Crippen molar-refractivity contribution in [2.75, 3.05) is 13.2 Å². The van der Waals surface area contributed by atoms with Gasteiger partial charge >= 0.3 is 0 Å². The van der Waals surface area contributed by atoms with Gasteiger partial charge in [0.1, 0.15) is 18.1 Å². The molecule has 0 saturated heterocycles. The van der Waals surface area contributed by atoms with Gasteiger partial charge in [-0.25, -0.2) is 0 Å². The minimum Gasteiger partial charge on any atom is -0.493 e. The molecule has 0 spiro atoms. The summed E-state index contributed by atoms with van der Waals surface area (Å²) in [6.45, 7) is 9.83. The van der Waals surface area contributed by atoms with Crippen LogP contribution < -0.4 is 14.8 Å². The summed E-state index contributed by atoms with van der Waals surface area (Å²) in [7, 11) is 0. The fourth-order valence-electron chi connectivity index (χ4n) is 2.99. The Labute approximate surface area is 162 Å². The number of carbonyl (C=O) groups is 1. The van der Waals surface area contributed by atoms with Gasteiger partial charge in [-0.1, -0.05) is 25.8 Å². The highest BCUT2D eigenvalue weighted by atomic mass is 16.5. The zero-order valence-electron chi connectivity index (χ0n) is 16.9. The summed E-state index contributed by atoms with van der Waals surface area (Å²) in [5.74, 6) is 1.52. The maximum Gasteiger partial charge on any atom is 0.251 e. The third kappa shape index (κ3) is 6.63. The van der Waals surface area contributed by atoms with Gasteiger partial charge in [0.25, 0.3) is 5.91 Å². The van der Waals surface area contributed by atoms with Crippen molar-refractivity contribution in [1.29, 1.82) is 0 Å². The van der Waals surface area contributed by atoms with Crippen molar-refractivity contribution in [3.8, 4) is 11.5 Å². The summed E-state index contributed by atoms with van der Waals surface area (Å²) < 4.78 is 11.7. The molecular formula is C23H31NO3. The van der Waals surface area contributed by atoms with Crippen LogP contribution in [-0.4, -0.2) is 19.1 Å². The van der Waals surface area contributed by atoms with E-state index in [2.05, 4.69) is 32.2 Å². The number of hydrogen-bond donors (Lipinski definition) is 1. The van der Waals surface area contributed by atoms with E-state index in [9.17, 15) is 4.79 Å². The van der Waals surface area contributed by atoms with Crippen LogP contribution in [0.5, 0.6) is 11.5 Å². The molecule has 2 rings (SSSR count). The Morgan fingerprint density at radius 3 is 2.37 bits per heavy atom. The summed E-state index contributed by atoms with van der Waals surface area (Å²) in [6, 6.07) is 11.7. The second-order valence-corrected chi connectivity index (χ2v) is 6.83. The molecule has 0 bridgehead atoms. The number of hydrogen-bond acceptors (Lipinski definition) is 3. The largest absolute Gasteiger partial charge is 0.493 e. The third-order valence-electron chi connectivity index (χ3n) is 4.28. The van der Waals surface area contributed by atoms with Gasteiger partial charge in [-0.2, -0.15) is 0 Å². The number of aryl methyl sites for hydroxylation is 2. The number of unbranched alkanes of at least 4 members (excludes halogenated alkanes) is 2. The zero-order valence-corrected chi connectivity index (χ0v) is 16.9. The first-order valence-electron chi connectivity index (χ1n) is 9.78. The van der Waals surface area contributed by atoms with Crippen molar-refractivity contribution in [1.82, 2.24) is 5.32 Å². The summed E-state index contributed by atoms with van der Waals surface area (Å²) in [5, 5.41) is 2.98. The van der Waals surface area contributed by atoms with E-state index in [4.69, 9.17) is 9.47 Å². The highest BCUT2D eigenvalue weighted by molar-refractivity contribution is 5.94. The Balaban J connectivity index is 2.10. The van der Waals surface area contributed by atoms with Gasteiger partial charge in [-0.15, -0.1) is 0 Å². The van der Waals surface area contributed by atoms with Crippen molar-refractivity contribution in [3.63, 3.8) is 0 Å². The molecule has 0 aromatic heterocycles. The normalized spacial score (nSPS) is 10.5. The first kappa shape index (κ1) is 20.8. The average molecular weight is 370 g/mol. The standard InChI is InChI=1S/C23H31NO3/c1-5-7-8-11-24-23(25)19-9-10-22(26-6-2)20(15-19)16-27-21-13-17(3)12-18(4)14-21/h9-10,12-15H,5-8,11,16H2,1-4H3,(H,24,25). The Kier molecular flexibility index (Phi) is 8.18. The zero-order chi connectivity index (χ0) is 19.6. The predicted molar refractivity (Wildman–Crippen MR) is 110 cm³/mol. The lowest BCUT2D eigenvalue weighted by Gasteiger charge is -2.14. The van der Waals surface area contributed by atoms with E-state index < -0.39 is 0 Å². The van der Waals surface area contributed by atoms with Crippen LogP contribution in [-0.2, 0) is 6.61 Å². The van der Waals surface area contributed by atoms with Gasteiger partial charge in [0.2, 0.25) is 0 Å². The minimum absolute atomic E-state index is 0.0539. The maximum absolute atomic E-state index is 12.4. The van der Waals surface area contributed by atoms with E-state index in [0.29, 0.717) is 25.3 Å². The van der Waals surface area contributed by atoms with E-state index in [1.165, 1.54) is 0 Å². The van der Waals surface area contributed by atoms with Crippen LogP contribution in [0.25, 0.3) is 0 Å². The molecule has 4 heteroatoms. The van der Waals surface area contributed by atoms with Crippen molar-refractivity contribution in [2.24, 2.45) is 0 Å². The first-order chi connectivity index (χ1) is 13.0. The lowest BCUT2D eigenvalue weighted by molar-refractivity contribution is 0.0952. The van der Waals surface area contributed by atoms with Gasteiger partial charge in [-0.3, -0.25) is 4.79 Å². The second-order valence-electron chi connectivity index (χ2n) is 6.83. The molecule has 0 unspecified atom stereocenters. The van der Waals surface area contributed by atoms with Crippen LogP contribution >= 0.6 is 0 Å². The number of nitrogens with one attached hydrogen (secondary N) is 1. The van der Waals surface area contributed by atoms with Crippen LogP contribution in [0.3, 0.4) is 0 Å². The van der Waals surface area contributed by atoms with Crippen LogP contribution in [0.4, 0.5) is 0 Å². The quantitative estimate of drug-likeness (QED) is 0.586. The molecule has 2 aromatic carbocycles. The molecular weight excluding hydrogens is 338 g/mol. The first-order valence-corrected chi connectivity index (χ1v) is 9.78. The topological polar surface area (TPSA) is 47.6 Å². The van der Waals surface area contributed by atoms with Crippen LogP contribution in [0.1, 0.15) is 60.2 Å². The molecule has 0 aliphatic rings. The van der Waals surface area contributed by atoms with Crippen molar-refractivity contribution in [3.05, 3.63) is 58.7 Å². The van der Waals surface area contributed by atoms with Gasteiger partial charge in [0.05, 0.1) is 6.61 Å². The average Bonchev–Trinajstić information content (AvgIpc) is 2.63. The van der Waals surface area contributed by atoms with Crippen LogP contribution in [0.15, 0.2) is 36.4 Å². The summed E-state index contributed by atoms with van der Waals surface area (Å²) in [4.78, 5) is 12.4. The molecule has 0 radical (unpaired) electrons. The summed E-state index contributed by atoms with van der Waals surface area (Å²) >= 11 is 0. The molecule has 27 heavy (non-hydrogen) atoms. The van der Waals surface area contributed by atoms with Crippen molar-refractivity contribution >= 4 is 5.91 Å². The Morgan fingerprint density at radius 1 is 0.963 bits per heavy atom. The molecule has 0 atom stereocenters. The van der Waals surface area contributed by atoms with E-state index >= 15 is 0 Å². The van der Waals surface area contributed by atoms with Gasteiger partial charge < -0.3 is 14.8 Å². The predicted octanol–water partition coefficient (Wildman–Crippen LogP) is 5.20.